The second-order valence-corrected chi connectivity index (χ2v) is 8.88. The smallest absolute Gasteiger partial charge is 0.253 e. The molecule has 1 amide bonds. The molecule has 4 N–H and O–H groups in total. The lowest BCUT2D eigenvalue weighted by molar-refractivity contribution is 0.0718. The Bertz CT molecular complexity index is 1470. The topological polar surface area (TPSA) is 118 Å². The van der Waals surface area contributed by atoms with Crippen molar-refractivity contribution in [2.45, 2.75) is 18.9 Å². The Morgan fingerprint density at radius 2 is 1.70 bits per heavy atom. The van der Waals surface area contributed by atoms with Crippen LogP contribution in [-0.2, 0) is 0 Å². The Hall–Kier alpha value is -4.59. The predicted molar refractivity (Wildman–Crippen MR) is 147 cm³/mol. The quantitative estimate of drug-likeness (QED) is 0.517. The Morgan fingerprint density at radius 1 is 0.973 bits per heavy atom. The van der Waals surface area contributed by atoms with E-state index in [1.807, 2.05) is 29.2 Å². The van der Waals surface area contributed by atoms with E-state index in [0.29, 0.717) is 29.8 Å². The zero-order valence-electron chi connectivity index (χ0n) is 20.9. The van der Waals surface area contributed by atoms with Gasteiger partial charge in [-0.25, -0.2) is 0 Å². The fraction of sp³-hybridized carbons (Fsp3) is 0.233. The van der Waals surface area contributed by atoms with Gasteiger partial charge in [0.15, 0.2) is 0 Å². The molecule has 7 heteroatoms. The van der Waals surface area contributed by atoms with Crippen LogP contribution in [0.3, 0.4) is 0 Å². The molecule has 3 aromatic rings. The maximum atomic E-state index is 12.9. The number of anilines is 1. The van der Waals surface area contributed by atoms with Gasteiger partial charge in [-0.15, -0.1) is 0 Å². The number of rotatable bonds is 4. The van der Waals surface area contributed by atoms with Crippen molar-refractivity contribution in [3.05, 3.63) is 87.8 Å². The van der Waals surface area contributed by atoms with Gasteiger partial charge in [0, 0.05) is 48.3 Å². The third-order valence-corrected chi connectivity index (χ3v) is 6.63. The van der Waals surface area contributed by atoms with Crippen molar-refractivity contribution >= 4 is 23.9 Å². The van der Waals surface area contributed by atoms with Crippen molar-refractivity contribution in [2.75, 3.05) is 32.0 Å². The summed E-state index contributed by atoms with van der Waals surface area (Å²) in [7, 11) is 1.50. The van der Waals surface area contributed by atoms with E-state index in [0.717, 1.165) is 41.4 Å². The van der Waals surface area contributed by atoms with E-state index < -0.39 is 0 Å². The van der Waals surface area contributed by atoms with Gasteiger partial charge >= 0.3 is 0 Å². The van der Waals surface area contributed by atoms with Crippen molar-refractivity contribution in [1.82, 2.24) is 10.2 Å². The van der Waals surface area contributed by atoms with Crippen molar-refractivity contribution < 1.29 is 4.79 Å². The number of fused-ring (bicyclic) bond motifs is 1. The van der Waals surface area contributed by atoms with Crippen LogP contribution in [0.25, 0.3) is 23.4 Å². The minimum atomic E-state index is 0.0109. The first kappa shape index (κ1) is 25.5. The van der Waals surface area contributed by atoms with Gasteiger partial charge in [-0.05, 0) is 84.8 Å². The van der Waals surface area contributed by atoms with Crippen LogP contribution in [-0.4, -0.2) is 43.5 Å². The van der Waals surface area contributed by atoms with Gasteiger partial charge in [0.2, 0.25) is 0 Å². The van der Waals surface area contributed by atoms with E-state index in [9.17, 15) is 10.1 Å². The van der Waals surface area contributed by atoms with Crippen LogP contribution in [0, 0.1) is 22.7 Å². The Morgan fingerprint density at radius 3 is 2.41 bits per heavy atom. The highest BCUT2D eigenvalue weighted by atomic mass is 16.2. The van der Waals surface area contributed by atoms with E-state index in [-0.39, 0.29) is 11.9 Å². The number of nitrogens with zero attached hydrogens (tertiary/aromatic N) is 3. The third-order valence-electron chi connectivity index (χ3n) is 6.63. The van der Waals surface area contributed by atoms with Crippen LogP contribution in [0.4, 0.5) is 5.69 Å². The van der Waals surface area contributed by atoms with Crippen molar-refractivity contribution in [2.24, 2.45) is 5.73 Å². The van der Waals surface area contributed by atoms with E-state index in [2.05, 4.69) is 52.9 Å². The average Bonchev–Trinajstić information content (AvgIpc) is 2.98. The molecule has 2 aliphatic heterocycles. The molecule has 0 aromatic heterocycles. The summed E-state index contributed by atoms with van der Waals surface area (Å²) < 4.78 is 0. The summed E-state index contributed by atoms with van der Waals surface area (Å²) in [4.78, 5) is 14.8. The van der Waals surface area contributed by atoms with Gasteiger partial charge in [-0.3, -0.25) is 4.79 Å². The second-order valence-electron chi connectivity index (χ2n) is 8.88. The molecule has 0 bridgehead atoms. The number of likely N-dealkylation sites (tertiary alicyclic amines) is 1. The highest BCUT2D eigenvalue weighted by Gasteiger charge is 2.24. The van der Waals surface area contributed by atoms with Crippen LogP contribution in [0.15, 0.2) is 60.7 Å². The molecule has 7 nitrogen and oxygen atoms in total. The third kappa shape index (κ3) is 5.81. The average molecular weight is 491 g/mol. The molecule has 1 saturated heterocycles. The molecule has 0 unspecified atom stereocenters. The molecule has 2 aliphatic rings. The number of hydrogen-bond acceptors (Lipinski definition) is 6. The minimum absolute atomic E-state index is 0.0109. The lowest BCUT2D eigenvalue weighted by atomic mass is 9.98. The summed E-state index contributed by atoms with van der Waals surface area (Å²) in [6.07, 6.45) is 5.93. The molecule has 0 aliphatic carbocycles. The first-order valence-electron chi connectivity index (χ1n) is 12.4. The molecule has 0 saturated carbocycles. The van der Waals surface area contributed by atoms with Crippen LogP contribution < -0.4 is 26.8 Å². The predicted octanol–water partition coefficient (Wildman–Crippen LogP) is 2.51. The van der Waals surface area contributed by atoms with Crippen molar-refractivity contribution in [3.8, 4) is 23.3 Å². The first-order valence-corrected chi connectivity index (χ1v) is 12.4. The molecule has 5 rings (SSSR count). The van der Waals surface area contributed by atoms with Gasteiger partial charge < -0.3 is 21.3 Å². The fourth-order valence-electron chi connectivity index (χ4n) is 4.71. The number of piperidine rings is 1. The normalized spacial score (nSPS) is 14.2. The molecular weight excluding hydrogens is 460 g/mol. The van der Waals surface area contributed by atoms with Crippen LogP contribution in [0.5, 0.6) is 0 Å². The molecule has 1 fully saturated rings. The van der Waals surface area contributed by atoms with Gasteiger partial charge in [-0.2, -0.15) is 10.5 Å². The van der Waals surface area contributed by atoms with E-state index in [4.69, 9.17) is 5.26 Å². The summed E-state index contributed by atoms with van der Waals surface area (Å²) in [6, 6.07) is 23.4. The van der Waals surface area contributed by atoms with E-state index in [1.165, 1.54) is 12.3 Å². The number of nitriles is 2. The molecule has 0 radical (unpaired) electrons. The summed E-state index contributed by atoms with van der Waals surface area (Å²) in [5.41, 5.74) is 9.46. The van der Waals surface area contributed by atoms with Crippen LogP contribution in [0.1, 0.15) is 34.3 Å². The highest BCUT2D eigenvalue weighted by Crippen LogP contribution is 2.23. The summed E-state index contributed by atoms with van der Waals surface area (Å²) in [6.45, 7) is 2.14. The molecule has 2 heterocycles. The first-order chi connectivity index (χ1) is 18.1. The van der Waals surface area contributed by atoms with Gasteiger partial charge in [0.1, 0.15) is 0 Å². The fourth-order valence-corrected chi connectivity index (χ4v) is 4.71. The molecule has 0 spiro atoms. The highest BCUT2D eigenvalue weighted by molar-refractivity contribution is 5.94. The Labute approximate surface area is 217 Å². The second kappa shape index (κ2) is 11.9. The van der Waals surface area contributed by atoms with Gasteiger partial charge in [0.25, 0.3) is 5.91 Å². The van der Waals surface area contributed by atoms with Crippen LogP contribution in [0.2, 0.25) is 0 Å². The van der Waals surface area contributed by atoms with Crippen molar-refractivity contribution in [3.63, 3.8) is 0 Å². The number of nitrogens with one attached hydrogen (secondary N) is 2. The summed E-state index contributed by atoms with van der Waals surface area (Å²) in [5, 5.41) is 27.6. The molecule has 186 valence electrons. The van der Waals surface area contributed by atoms with E-state index in [1.54, 1.807) is 24.3 Å². The largest absolute Gasteiger partial charge is 0.387 e. The number of carbonyl (C=O) groups is 1. The number of benzene rings is 3. The maximum absolute atomic E-state index is 12.9. The SMILES string of the molecule is CN.N#Cc1ccc(C(=O)N2CCC(Nc3cc(-c4cccc(C#N)c4)cc4c3=CNCC=4)CC2)cc1. The monoisotopic (exact) mass is 490 g/mol. The number of nitrogens with two attached hydrogens (primary N) is 1. The number of hydrogen-bond donors (Lipinski definition) is 3. The molecular formula is C30H30N6O. The van der Waals surface area contributed by atoms with Crippen LogP contribution >= 0.6 is 0 Å². The Balaban J connectivity index is 0.00000156. The minimum Gasteiger partial charge on any atom is -0.387 e. The zero-order valence-corrected chi connectivity index (χ0v) is 20.9. The maximum Gasteiger partial charge on any atom is 0.253 e. The summed E-state index contributed by atoms with van der Waals surface area (Å²) in [5.74, 6) is 0.0109. The molecule has 3 aromatic carbocycles. The standard InChI is InChI=1S/C29H25N5O.CH5N/c30-17-20-4-6-22(7-5-20)29(35)34-12-9-26(10-13-34)33-28-16-25(15-24-8-11-32-19-27(24)28)23-3-1-2-21(14-23)18-31;1-2/h1-8,14-16,19,26,32-33H,9-13H2;2H2,1H3. The number of carbonyl (C=O) groups excluding carboxylic acids is 1. The lowest BCUT2D eigenvalue weighted by Gasteiger charge is -2.33. The van der Waals surface area contributed by atoms with Gasteiger partial charge in [0.05, 0.1) is 23.3 Å². The Kier molecular flexibility index (Phi) is 8.20. The zero-order chi connectivity index (χ0) is 26.2. The summed E-state index contributed by atoms with van der Waals surface area (Å²) >= 11 is 0. The lowest BCUT2D eigenvalue weighted by Crippen LogP contribution is -2.44. The number of amides is 1. The molecule has 37 heavy (non-hydrogen) atoms. The molecule has 0 atom stereocenters. The van der Waals surface area contributed by atoms with E-state index >= 15 is 0 Å². The van der Waals surface area contributed by atoms with Gasteiger partial charge in [-0.1, -0.05) is 18.2 Å². The van der Waals surface area contributed by atoms with Crippen molar-refractivity contribution in [1.29, 1.82) is 10.5 Å².